The number of hydrogen-bond acceptors (Lipinski definition) is 11. The van der Waals surface area contributed by atoms with Crippen LogP contribution in [0.5, 0.6) is 0 Å². The molecule has 166 valence electrons. The smallest absolute Gasteiger partial charge is 0.388 e. The molecule has 0 aromatic carbocycles. The Kier molecular flexibility index (Phi) is 8.58. The summed E-state index contributed by atoms with van der Waals surface area (Å²) in [6.07, 6.45) is -7.91. The van der Waals surface area contributed by atoms with Crippen LogP contribution >= 0.6 is 15.6 Å². The van der Waals surface area contributed by atoms with Crippen molar-refractivity contribution in [3.05, 3.63) is 0 Å². The van der Waals surface area contributed by atoms with Gasteiger partial charge in [0.2, 0.25) is 0 Å². The molecule has 0 spiro atoms. The van der Waals surface area contributed by atoms with Gasteiger partial charge < -0.3 is 34.6 Å². The number of hydrogen-bond donors (Lipinski definition) is 5. The number of phosphoric acid groups is 2. The second-order valence-electron chi connectivity index (χ2n) is 6.62. The first-order chi connectivity index (χ1) is 12.9. The highest BCUT2D eigenvalue weighted by atomic mass is 31.2. The largest absolute Gasteiger partial charge is 0.472 e. The lowest BCUT2D eigenvalue weighted by atomic mass is 10.2. The van der Waals surface area contributed by atoms with Crippen LogP contribution in [-0.4, -0.2) is 94.3 Å². The van der Waals surface area contributed by atoms with Crippen LogP contribution < -0.4 is 0 Å². The van der Waals surface area contributed by atoms with E-state index in [1.165, 1.54) is 13.8 Å². The highest BCUT2D eigenvalue weighted by Crippen LogP contribution is 2.48. The van der Waals surface area contributed by atoms with Crippen LogP contribution in [0.4, 0.5) is 0 Å². The van der Waals surface area contributed by atoms with E-state index in [1.54, 1.807) is 0 Å². The summed E-state index contributed by atoms with van der Waals surface area (Å²) >= 11 is 0. The minimum Gasteiger partial charge on any atom is -0.388 e. The summed E-state index contributed by atoms with van der Waals surface area (Å²) in [4.78, 5) is 19.4. The minimum atomic E-state index is -4.73. The van der Waals surface area contributed by atoms with Gasteiger partial charge in [0.1, 0.15) is 36.6 Å². The van der Waals surface area contributed by atoms with E-state index < -0.39 is 71.6 Å². The predicted molar refractivity (Wildman–Crippen MR) is 90.1 cm³/mol. The molecule has 0 radical (unpaired) electrons. The molecule has 0 aliphatic carbocycles. The molecule has 2 aliphatic heterocycles. The molecule has 0 aromatic rings. The third kappa shape index (κ3) is 7.06. The molecule has 0 aromatic heterocycles. The number of rotatable bonds is 10. The minimum absolute atomic E-state index is 0.153. The van der Waals surface area contributed by atoms with Gasteiger partial charge in [-0.2, -0.15) is 0 Å². The van der Waals surface area contributed by atoms with Crippen molar-refractivity contribution < 1.29 is 61.8 Å². The highest BCUT2D eigenvalue weighted by Gasteiger charge is 2.44. The zero-order valence-corrected chi connectivity index (χ0v) is 17.1. The monoisotopic (exact) mass is 452 g/mol. The fourth-order valence-electron chi connectivity index (χ4n) is 2.57. The standard InChI is InChI=1S/C13H26O13P2/c1-7(2)25-27(17,18)24-6-11-13(9(15)4-22-11)26-28(19,20)23-5-10-12(16)8(14)3-21-10/h7-16H,3-6H2,1-2H3,(H,17,18)(H,19,20)/t8-,9-,10+,11+,12-,13-/m0/s1. The highest BCUT2D eigenvalue weighted by molar-refractivity contribution is 7.47. The van der Waals surface area contributed by atoms with Gasteiger partial charge >= 0.3 is 15.6 Å². The van der Waals surface area contributed by atoms with E-state index in [0.717, 1.165) is 0 Å². The summed E-state index contributed by atoms with van der Waals surface area (Å²) in [5, 5.41) is 28.9. The Labute approximate surface area is 161 Å². The summed E-state index contributed by atoms with van der Waals surface area (Å²) in [6, 6.07) is 0. The lowest BCUT2D eigenvalue weighted by Gasteiger charge is -2.24. The third-order valence-corrected chi connectivity index (χ3v) is 6.03. The van der Waals surface area contributed by atoms with Crippen LogP contribution in [0.2, 0.25) is 0 Å². The SMILES string of the molecule is CC(C)OP(=O)(O)OC[C@H]1OC[C@H](O)[C@@H]1OP(=O)(O)OC[C@H]1OC[C@H](O)[C@@H]1O. The van der Waals surface area contributed by atoms with Crippen LogP contribution in [0.3, 0.4) is 0 Å². The van der Waals surface area contributed by atoms with E-state index in [4.69, 9.17) is 27.6 Å². The third-order valence-electron chi connectivity index (χ3n) is 3.89. The topological polar surface area (TPSA) is 191 Å². The Morgan fingerprint density at radius 2 is 1.46 bits per heavy atom. The molecule has 0 bridgehead atoms. The molecule has 2 aliphatic rings. The van der Waals surface area contributed by atoms with Crippen molar-refractivity contribution in [2.75, 3.05) is 26.4 Å². The molecule has 0 saturated carbocycles. The zero-order chi connectivity index (χ0) is 21.1. The molecule has 15 heteroatoms. The summed E-state index contributed by atoms with van der Waals surface area (Å²) in [5.41, 5.74) is 0. The Morgan fingerprint density at radius 1 is 0.929 bits per heavy atom. The second-order valence-corrected chi connectivity index (χ2v) is 9.43. The quantitative estimate of drug-likeness (QED) is 0.252. The van der Waals surface area contributed by atoms with Gasteiger partial charge in [-0.25, -0.2) is 9.13 Å². The van der Waals surface area contributed by atoms with E-state index in [0.29, 0.717) is 0 Å². The van der Waals surface area contributed by atoms with E-state index in [2.05, 4.69) is 0 Å². The maximum atomic E-state index is 12.1. The first kappa shape index (κ1) is 24.3. The molecule has 2 fully saturated rings. The Morgan fingerprint density at radius 3 is 2.04 bits per heavy atom. The molecular formula is C13H26O13P2. The van der Waals surface area contributed by atoms with Crippen molar-refractivity contribution in [2.45, 2.75) is 56.6 Å². The van der Waals surface area contributed by atoms with E-state index in [-0.39, 0.29) is 13.2 Å². The molecule has 5 N–H and O–H groups in total. The van der Waals surface area contributed by atoms with Crippen LogP contribution in [0.15, 0.2) is 0 Å². The molecular weight excluding hydrogens is 426 g/mol. The lowest BCUT2D eigenvalue weighted by Crippen LogP contribution is -2.36. The van der Waals surface area contributed by atoms with Crippen molar-refractivity contribution in [3.8, 4) is 0 Å². The zero-order valence-electron chi connectivity index (χ0n) is 15.3. The van der Waals surface area contributed by atoms with E-state index in [1.807, 2.05) is 0 Å². The summed E-state index contributed by atoms with van der Waals surface area (Å²) < 4.78 is 53.2. The Bertz CT molecular complexity index is 601. The average Bonchev–Trinajstić information content (AvgIpc) is 3.06. The van der Waals surface area contributed by atoms with Gasteiger partial charge in [-0.15, -0.1) is 0 Å². The van der Waals surface area contributed by atoms with Gasteiger partial charge in [-0.3, -0.25) is 18.1 Å². The molecule has 28 heavy (non-hydrogen) atoms. The van der Waals surface area contributed by atoms with Gasteiger partial charge in [-0.1, -0.05) is 0 Å². The van der Waals surface area contributed by atoms with Crippen molar-refractivity contribution in [1.29, 1.82) is 0 Å². The molecule has 0 amide bonds. The lowest BCUT2D eigenvalue weighted by molar-refractivity contribution is -0.0313. The van der Waals surface area contributed by atoms with Gasteiger partial charge in [0.25, 0.3) is 0 Å². The van der Waals surface area contributed by atoms with Crippen molar-refractivity contribution in [3.63, 3.8) is 0 Å². The van der Waals surface area contributed by atoms with Crippen LogP contribution in [-0.2, 0) is 36.7 Å². The molecule has 2 rings (SSSR count). The molecule has 2 heterocycles. The number of phosphoric ester groups is 2. The predicted octanol–water partition coefficient (Wildman–Crippen LogP) is -1.09. The average molecular weight is 452 g/mol. The fourth-order valence-corrected chi connectivity index (χ4v) is 4.48. The fraction of sp³-hybridized carbons (Fsp3) is 1.00. The molecule has 2 unspecified atom stereocenters. The first-order valence-corrected chi connectivity index (χ1v) is 11.5. The number of aliphatic hydroxyl groups is 3. The van der Waals surface area contributed by atoms with Gasteiger partial charge in [0, 0.05) is 0 Å². The second kappa shape index (κ2) is 9.88. The molecule has 13 nitrogen and oxygen atoms in total. The summed E-state index contributed by atoms with van der Waals surface area (Å²) in [5.74, 6) is 0. The Balaban J connectivity index is 1.88. The van der Waals surface area contributed by atoms with Gasteiger partial charge in [-0.05, 0) is 13.8 Å². The summed E-state index contributed by atoms with van der Waals surface area (Å²) in [6.45, 7) is 1.52. The van der Waals surface area contributed by atoms with Gasteiger partial charge in [0.15, 0.2) is 0 Å². The van der Waals surface area contributed by atoms with Crippen molar-refractivity contribution >= 4 is 15.6 Å². The van der Waals surface area contributed by atoms with Gasteiger partial charge in [0.05, 0.1) is 32.5 Å². The van der Waals surface area contributed by atoms with Crippen molar-refractivity contribution in [2.24, 2.45) is 0 Å². The van der Waals surface area contributed by atoms with Crippen LogP contribution in [0, 0.1) is 0 Å². The number of aliphatic hydroxyl groups excluding tert-OH is 3. The normalized spacial score (nSPS) is 37.9. The van der Waals surface area contributed by atoms with Crippen LogP contribution in [0.25, 0.3) is 0 Å². The van der Waals surface area contributed by atoms with Crippen molar-refractivity contribution in [1.82, 2.24) is 0 Å². The van der Waals surface area contributed by atoms with E-state index in [9.17, 15) is 34.2 Å². The molecule has 2 saturated heterocycles. The maximum absolute atomic E-state index is 12.1. The maximum Gasteiger partial charge on any atom is 0.472 e. The first-order valence-electron chi connectivity index (χ1n) is 8.49. The summed E-state index contributed by atoms with van der Waals surface area (Å²) in [7, 11) is -9.12. The van der Waals surface area contributed by atoms with Crippen LogP contribution in [0.1, 0.15) is 13.8 Å². The number of ether oxygens (including phenoxy) is 2. The Hall–Kier alpha value is 0.0200. The van der Waals surface area contributed by atoms with E-state index >= 15 is 0 Å². The molecule has 8 atom stereocenters.